The molecule has 108 valence electrons. The number of carboxylic acids is 1. The molecular formula is C15H16Cl2O3. The van der Waals surface area contributed by atoms with E-state index < -0.39 is 17.3 Å². The van der Waals surface area contributed by atoms with Gasteiger partial charge in [-0.2, -0.15) is 0 Å². The topological polar surface area (TPSA) is 54.4 Å². The van der Waals surface area contributed by atoms with Crippen molar-refractivity contribution in [2.75, 3.05) is 0 Å². The van der Waals surface area contributed by atoms with Crippen LogP contribution in [0.1, 0.15) is 32.3 Å². The molecule has 0 heterocycles. The van der Waals surface area contributed by atoms with E-state index in [-0.39, 0.29) is 11.7 Å². The molecule has 0 radical (unpaired) electrons. The Kier molecular flexibility index (Phi) is 4.12. The third-order valence-electron chi connectivity index (χ3n) is 4.11. The number of carbonyl (C=O) groups is 2. The fourth-order valence-electron chi connectivity index (χ4n) is 3.28. The molecule has 3 nitrogen and oxygen atoms in total. The molecule has 0 spiro atoms. The molecule has 1 fully saturated rings. The summed E-state index contributed by atoms with van der Waals surface area (Å²) < 4.78 is 0. The van der Waals surface area contributed by atoms with Gasteiger partial charge in [-0.05, 0) is 30.0 Å². The van der Waals surface area contributed by atoms with Crippen LogP contribution in [0.2, 0.25) is 10.0 Å². The number of aliphatic carboxylic acids is 1. The van der Waals surface area contributed by atoms with E-state index in [0.29, 0.717) is 22.9 Å². The van der Waals surface area contributed by atoms with Crippen LogP contribution in [0.5, 0.6) is 0 Å². The zero-order valence-electron chi connectivity index (χ0n) is 11.3. The number of Topliss-reactive ketones (excluding diaryl/α,β-unsaturated/α-hetero) is 1. The van der Waals surface area contributed by atoms with Crippen molar-refractivity contribution in [2.24, 2.45) is 11.8 Å². The van der Waals surface area contributed by atoms with Gasteiger partial charge in [-0.1, -0.05) is 43.1 Å². The third kappa shape index (κ3) is 2.57. The molecule has 0 saturated heterocycles. The first kappa shape index (κ1) is 15.3. The Labute approximate surface area is 127 Å². The summed E-state index contributed by atoms with van der Waals surface area (Å²) >= 11 is 11.9. The number of hydrogen-bond acceptors (Lipinski definition) is 2. The molecule has 1 saturated carbocycles. The van der Waals surface area contributed by atoms with Gasteiger partial charge in [0.05, 0.1) is 10.0 Å². The average molecular weight is 315 g/mol. The van der Waals surface area contributed by atoms with E-state index in [0.717, 1.165) is 5.56 Å². The Bertz CT molecular complexity index is 570. The van der Waals surface area contributed by atoms with Crippen LogP contribution in [0, 0.1) is 11.8 Å². The third-order valence-corrected chi connectivity index (χ3v) is 4.85. The van der Waals surface area contributed by atoms with E-state index in [9.17, 15) is 14.7 Å². The lowest BCUT2D eigenvalue weighted by Gasteiger charge is -2.41. The summed E-state index contributed by atoms with van der Waals surface area (Å²) in [5.74, 6) is -2.17. The molecule has 0 aromatic heterocycles. The molecule has 1 aliphatic rings. The maximum atomic E-state index is 12.1. The zero-order chi connectivity index (χ0) is 15.1. The second-order valence-electron chi connectivity index (χ2n) is 5.80. The Morgan fingerprint density at radius 1 is 1.35 bits per heavy atom. The normalized spacial score (nSPS) is 30.3. The summed E-state index contributed by atoms with van der Waals surface area (Å²) in [5, 5.41) is 10.2. The molecule has 1 N–H and O–H groups in total. The molecule has 1 aromatic carbocycles. The summed E-state index contributed by atoms with van der Waals surface area (Å²) in [7, 11) is 0. The molecular weight excluding hydrogens is 299 g/mol. The maximum Gasteiger partial charge on any atom is 0.314 e. The van der Waals surface area contributed by atoms with E-state index in [2.05, 4.69) is 0 Å². The monoisotopic (exact) mass is 314 g/mol. The fourth-order valence-corrected chi connectivity index (χ4v) is 3.57. The minimum atomic E-state index is -1.07. The van der Waals surface area contributed by atoms with E-state index >= 15 is 0 Å². The highest BCUT2D eigenvalue weighted by Gasteiger charge is 2.49. The molecule has 1 aromatic rings. The lowest BCUT2D eigenvalue weighted by molar-refractivity contribution is -0.151. The van der Waals surface area contributed by atoms with Crippen molar-refractivity contribution >= 4 is 35.0 Å². The van der Waals surface area contributed by atoms with E-state index in [1.165, 1.54) is 0 Å². The summed E-state index contributed by atoms with van der Waals surface area (Å²) in [4.78, 5) is 23.7. The van der Waals surface area contributed by atoms with Gasteiger partial charge in [0.15, 0.2) is 0 Å². The fraction of sp³-hybridized carbons (Fsp3) is 0.467. The lowest BCUT2D eigenvalue weighted by atomic mass is 9.60. The van der Waals surface area contributed by atoms with Crippen LogP contribution in [0.25, 0.3) is 0 Å². The van der Waals surface area contributed by atoms with Crippen molar-refractivity contribution in [3.8, 4) is 0 Å². The maximum absolute atomic E-state index is 12.1. The molecule has 3 atom stereocenters. The molecule has 20 heavy (non-hydrogen) atoms. The zero-order valence-corrected chi connectivity index (χ0v) is 12.8. The standard InChI is InChI=1S/C15H16Cl2O3/c1-8-5-12(18)13(14(19)20)15(2,7-8)9-3-4-10(16)11(17)6-9/h3-4,6,8,13H,5,7H2,1-2H3,(H,19,20). The number of rotatable bonds is 2. The first-order valence-electron chi connectivity index (χ1n) is 6.46. The highest BCUT2D eigenvalue weighted by molar-refractivity contribution is 6.42. The highest BCUT2D eigenvalue weighted by atomic mass is 35.5. The largest absolute Gasteiger partial charge is 0.481 e. The van der Waals surface area contributed by atoms with Gasteiger partial charge in [0.1, 0.15) is 11.7 Å². The van der Waals surface area contributed by atoms with E-state index in [4.69, 9.17) is 23.2 Å². The van der Waals surface area contributed by atoms with Gasteiger partial charge in [0, 0.05) is 11.8 Å². The first-order valence-corrected chi connectivity index (χ1v) is 7.22. The van der Waals surface area contributed by atoms with Crippen LogP contribution in [0.4, 0.5) is 0 Å². The molecule has 0 aliphatic heterocycles. The second-order valence-corrected chi connectivity index (χ2v) is 6.61. The Morgan fingerprint density at radius 2 is 2.00 bits per heavy atom. The quantitative estimate of drug-likeness (QED) is 0.841. The molecule has 0 bridgehead atoms. The van der Waals surface area contributed by atoms with Crippen LogP contribution < -0.4 is 0 Å². The number of hydrogen-bond donors (Lipinski definition) is 1. The van der Waals surface area contributed by atoms with Crippen LogP contribution >= 0.6 is 23.2 Å². The van der Waals surface area contributed by atoms with Crippen LogP contribution in [0.3, 0.4) is 0 Å². The molecule has 2 rings (SSSR count). The average Bonchev–Trinajstić information content (AvgIpc) is 2.30. The van der Waals surface area contributed by atoms with Gasteiger partial charge in [-0.15, -0.1) is 0 Å². The number of benzene rings is 1. The Hall–Kier alpha value is -1.06. The van der Waals surface area contributed by atoms with Crippen LogP contribution in [-0.4, -0.2) is 16.9 Å². The highest BCUT2D eigenvalue weighted by Crippen LogP contribution is 2.45. The predicted molar refractivity (Wildman–Crippen MR) is 78.3 cm³/mol. The Balaban J connectivity index is 2.54. The number of carbonyl (C=O) groups excluding carboxylic acids is 1. The predicted octanol–water partition coefficient (Wildman–Crippen LogP) is 3.95. The number of carboxylic acid groups (broad SMARTS) is 1. The second kappa shape index (κ2) is 5.38. The van der Waals surface area contributed by atoms with Crippen LogP contribution in [-0.2, 0) is 15.0 Å². The first-order chi connectivity index (χ1) is 9.25. The van der Waals surface area contributed by atoms with Crippen molar-refractivity contribution in [2.45, 2.75) is 32.1 Å². The lowest BCUT2D eigenvalue weighted by Crippen LogP contribution is -2.47. The minimum Gasteiger partial charge on any atom is -0.481 e. The van der Waals surface area contributed by atoms with E-state index in [1.807, 2.05) is 13.8 Å². The number of halogens is 2. The molecule has 3 unspecified atom stereocenters. The molecule has 0 amide bonds. The van der Waals surface area contributed by atoms with Gasteiger partial charge in [0.2, 0.25) is 0 Å². The van der Waals surface area contributed by atoms with Gasteiger partial charge in [-0.25, -0.2) is 0 Å². The summed E-state index contributed by atoms with van der Waals surface area (Å²) in [6.45, 7) is 3.78. The van der Waals surface area contributed by atoms with Crippen molar-refractivity contribution in [3.63, 3.8) is 0 Å². The SMILES string of the molecule is CC1CC(=O)C(C(=O)O)C(C)(c2ccc(Cl)c(Cl)c2)C1. The summed E-state index contributed by atoms with van der Waals surface area (Å²) in [6, 6.07) is 5.08. The summed E-state index contributed by atoms with van der Waals surface area (Å²) in [5.41, 5.74) is -0.00589. The van der Waals surface area contributed by atoms with Crippen molar-refractivity contribution in [3.05, 3.63) is 33.8 Å². The van der Waals surface area contributed by atoms with Crippen molar-refractivity contribution in [1.29, 1.82) is 0 Å². The van der Waals surface area contributed by atoms with Gasteiger partial charge in [0.25, 0.3) is 0 Å². The smallest absolute Gasteiger partial charge is 0.314 e. The summed E-state index contributed by atoms with van der Waals surface area (Å²) in [6.07, 6.45) is 0.946. The van der Waals surface area contributed by atoms with Crippen LogP contribution in [0.15, 0.2) is 18.2 Å². The molecule has 5 heteroatoms. The van der Waals surface area contributed by atoms with Gasteiger partial charge >= 0.3 is 5.97 Å². The van der Waals surface area contributed by atoms with E-state index in [1.54, 1.807) is 18.2 Å². The Morgan fingerprint density at radius 3 is 2.55 bits per heavy atom. The van der Waals surface area contributed by atoms with Gasteiger partial charge < -0.3 is 5.11 Å². The van der Waals surface area contributed by atoms with Gasteiger partial charge in [-0.3, -0.25) is 9.59 Å². The molecule has 1 aliphatic carbocycles. The van der Waals surface area contributed by atoms with Crippen molar-refractivity contribution in [1.82, 2.24) is 0 Å². The number of ketones is 1. The van der Waals surface area contributed by atoms with Crippen molar-refractivity contribution < 1.29 is 14.7 Å². The minimum absolute atomic E-state index is 0.151.